The van der Waals surface area contributed by atoms with E-state index in [1.165, 1.54) is 0 Å². The Morgan fingerprint density at radius 3 is 2.33 bits per heavy atom. The van der Waals surface area contributed by atoms with E-state index in [2.05, 4.69) is 6.92 Å². The summed E-state index contributed by atoms with van der Waals surface area (Å²) in [5, 5.41) is 1.68. The van der Waals surface area contributed by atoms with Gasteiger partial charge in [-0.2, -0.15) is 0 Å². The quantitative estimate of drug-likeness (QED) is 0.611. The highest BCUT2D eigenvalue weighted by Gasteiger charge is 2.34. The highest BCUT2D eigenvalue weighted by atomic mass is 35.5. The molecule has 1 nitrogen and oxygen atoms in total. The van der Waals surface area contributed by atoms with Gasteiger partial charge >= 0.3 is 0 Å². The van der Waals surface area contributed by atoms with Crippen LogP contribution >= 0.6 is 34.8 Å². The van der Waals surface area contributed by atoms with Crippen LogP contribution < -0.4 is 0 Å². The zero-order chi connectivity index (χ0) is 15.1. The number of halogens is 3. The molecule has 4 heteroatoms. The first-order chi connectivity index (χ1) is 9.97. The van der Waals surface area contributed by atoms with Gasteiger partial charge in [0.05, 0.1) is 5.02 Å². The molecule has 0 spiro atoms. The van der Waals surface area contributed by atoms with Crippen LogP contribution in [0.25, 0.3) is 0 Å². The van der Waals surface area contributed by atoms with Crippen LogP contribution in [-0.4, -0.2) is 5.78 Å². The van der Waals surface area contributed by atoms with Gasteiger partial charge in [0.1, 0.15) is 0 Å². The van der Waals surface area contributed by atoms with Gasteiger partial charge in [0, 0.05) is 21.5 Å². The van der Waals surface area contributed by atoms with Crippen LogP contribution in [-0.2, 0) is 0 Å². The topological polar surface area (TPSA) is 17.1 Å². The minimum absolute atomic E-state index is 0.0621. The van der Waals surface area contributed by atoms with E-state index in [4.69, 9.17) is 34.8 Å². The molecule has 2 aromatic rings. The molecule has 0 aliphatic heterocycles. The molecule has 1 aliphatic carbocycles. The lowest BCUT2D eigenvalue weighted by Gasteiger charge is -2.29. The fourth-order valence-corrected chi connectivity index (χ4v) is 3.71. The third-order valence-electron chi connectivity index (χ3n) is 4.04. The minimum Gasteiger partial charge on any atom is -0.293 e. The molecule has 0 unspecified atom stereocenters. The van der Waals surface area contributed by atoms with Gasteiger partial charge in [0.15, 0.2) is 5.78 Å². The van der Waals surface area contributed by atoms with Crippen LogP contribution in [0.15, 0.2) is 36.4 Å². The molecule has 2 aromatic carbocycles. The molecule has 2 atom stereocenters. The first kappa shape index (κ1) is 14.9. The number of ketones is 1. The van der Waals surface area contributed by atoms with E-state index in [-0.39, 0.29) is 17.6 Å². The molecular formula is C17H13Cl3O. The molecular weight excluding hydrogens is 327 g/mol. The Morgan fingerprint density at radius 2 is 1.67 bits per heavy atom. The van der Waals surface area contributed by atoms with Gasteiger partial charge < -0.3 is 0 Å². The monoisotopic (exact) mass is 338 g/mol. The second-order valence-corrected chi connectivity index (χ2v) is 6.74. The summed E-state index contributed by atoms with van der Waals surface area (Å²) in [6.45, 7) is 2.10. The maximum absolute atomic E-state index is 12.8. The Kier molecular flexibility index (Phi) is 4.00. The molecule has 0 fully saturated rings. The van der Waals surface area contributed by atoms with E-state index >= 15 is 0 Å². The maximum atomic E-state index is 12.8. The predicted octanol–water partition coefficient (Wildman–Crippen LogP) is 6.12. The lowest BCUT2D eigenvalue weighted by molar-refractivity contribution is 0.0940. The summed E-state index contributed by atoms with van der Waals surface area (Å²) in [6, 6.07) is 10.9. The third-order valence-corrected chi connectivity index (χ3v) is 4.81. The van der Waals surface area contributed by atoms with Gasteiger partial charge in [-0.15, -0.1) is 0 Å². The zero-order valence-corrected chi connectivity index (χ0v) is 13.6. The first-order valence-corrected chi connectivity index (χ1v) is 7.89. The van der Waals surface area contributed by atoms with E-state index < -0.39 is 0 Å². The summed E-state index contributed by atoms with van der Waals surface area (Å²) in [6.07, 6.45) is 0.754. The Bertz CT molecular complexity index is 707. The fourth-order valence-electron chi connectivity index (χ4n) is 2.99. The number of hydrogen-bond acceptors (Lipinski definition) is 1. The van der Waals surface area contributed by atoms with Crippen molar-refractivity contribution in [2.24, 2.45) is 0 Å². The van der Waals surface area contributed by atoms with E-state index in [9.17, 15) is 4.79 Å². The second kappa shape index (κ2) is 5.64. The summed E-state index contributed by atoms with van der Waals surface area (Å²) in [4.78, 5) is 12.8. The van der Waals surface area contributed by atoms with Crippen molar-refractivity contribution in [2.45, 2.75) is 25.2 Å². The fraction of sp³-hybridized carbons (Fsp3) is 0.235. The van der Waals surface area contributed by atoms with E-state index in [0.29, 0.717) is 20.6 Å². The van der Waals surface area contributed by atoms with Crippen molar-refractivity contribution in [1.82, 2.24) is 0 Å². The van der Waals surface area contributed by atoms with Crippen molar-refractivity contribution in [1.29, 1.82) is 0 Å². The van der Waals surface area contributed by atoms with Gasteiger partial charge in [0.25, 0.3) is 0 Å². The summed E-state index contributed by atoms with van der Waals surface area (Å²) in [5.41, 5.74) is 2.54. The van der Waals surface area contributed by atoms with Crippen LogP contribution in [0.3, 0.4) is 0 Å². The van der Waals surface area contributed by atoms with Crippen molar-refractivity contribution < 1.29 is 4.79 Å². The molecule has 3 rings (SSSR count). The highest BCUT2D eigenvalue weighted by molar-refractivity contribution is 6.37. The minimum atomic E-state index is -0.177. The van der Waals surface area contributed by atoms with Gasteiger partial charge in [-0.1, -0.05) is 53.9 Å². The molecule has 0 aromatic heterocycles. The van der Waals surface area contributed by atoms with Crippen molar-refractivity contribution in [2.75, 3.05) is 0 Å². The second-order valence-electron chi connectivity index (χ2n) is 5.46. The molecule has 0 radical (unpaired) electrons. The van der Waals surface area contributed by atoms with Crippen LogP contribution in [0.2, 0.25) is 15.1 Å². The molecule has 0 N–H and O–H groups in total. The number of rotatable bonds is 1. The van der Waals surface area contributed by atoms with Crippen molar-refractivity contribution in [3.05, 3.63) is 68.2 Å². The number of benzene rings is 2. The van der Waals surface area contributed by atoms with Gasteiger partial charge in [0.2, 0.25) is 0 Å². The van der Waals surface area contributed by atoms with Crippen LogP contribution in [0.1, 0.15) is 46.7 Å². The van der Waals surface area contributed by atoms with E-state index in [1.807, 2.05) is 30.3 Å². The molecule has 1 aliphatic rings. The summed E-state index contributed by atoms with van der Waals surface area (Å²) in [7, 11) is 0. The maximum Gasteiger partial charge on any atom is 0.172 e. The standard InChI is InChI=1S/C17H13Cl3O/c1-9-6-14(10-2-4-11(18)5-3-10)17(21)16-13(9)7-12(19)8-15(16)20/h2-5,7-9,14H,6H2,1H3/t9-,14+/m0/s1. The average molecular weight is 340 g/mol. The zero-order valence-electron chi connectivity index (χ0n) is 11.4. The summed E-state index contributed by atoms with van der Waals surface area (Å²) >= 11 is 18.2. The third kappa shape index (κ3) is 2.70. The molecule has 0 saturated carbocycles. The highest BCUT2D eigenvalue weighted by Crippen LogP contribution is 2.43. The Hall–Kier alpha value is -1.02. The van der Waals surface area contributed by atoms with Crippen molar-refractivity contribution in [3.63, 3.8) is 0 Å². The van der Waals surface area contributed by atoms with Gasteiger partial charge in [-0.25, -0.2) is 0 Å². The van der Waals surface area contributed by atoms with Crippen LogP contribution in [0.5, 0.6) is 0 Å². The number of fused-ring (bicyclic) bond motifs is 1. The van der Waals surface area contributed by atoms with Gasteiger partial charge in [-0.05, 0) is 47.7 Å². The molecule has 108 valence electrons. The number of Topliss-reactive ketones (excluding diaryl/α,β-unsaturated/α-hetero) is 1. The number of hydrogen-bond donors (Lipinski definition) is 0. The molecule has 21 heavy (non-hydrogen) atoms. The average Bonchev–Trinajstić information content (AvgIpc) is 2.43. The summed E-state index contributed by atoms with van der Waals surface area (Å²) in [5.74, 6) is 0.116. The van der Waals surface area contributed by atoms with Crippen LogP contribution in [0, 0.1) is 0 Å². The van der Waals surface area contributed by atoms with Crippen LogP contribution in [0.4, 0.5) is 0 Å². The van der Waals surface area contributed by atoms with Crippen molar-refractivity contribution >= 4 is 40.6 Å². The smallest absolute Gasteiger partial charge is 0.172 e. The molecule has 0 bridgehead atoms. The lowest BCUT2D eigenvalue weighted by atomic mass is 9.74. The molecule has 0 amide bonds. The Morgan fingerprint density at radius 1 is 1.00 bits per heavy atom. The largest absolute Gasteiger partial charge is 0.293 e. The first-order valence-electron chi connectivity index (χ1n) is 6.76. The SMILES string of the molecule is C[C@H]1C[C@H](c2ccc(Cl)cc2)C(=O)c2c(Cl)cc(Cl)cc21. The normalized spacial score (nSPS) is 21.2. The number of carbonyl (C=O) groups is 1. The number of carbonyl (C=O) groups excluding carboxylic acids is 1. The molecule has 0 saturated heterocycles. The predicted molar refractivity (Wildman–Crippen MR) is 88.0 cm³/mol. The van der Waals surface area contributed by atoms with E-state index in [0.717, 1.165) is 17.5 Å². The molecule has 0 heterocycles. The Labute approximate surface area is 138 Å². The Balaban J connectivity index is 2.08. The van der Waals surface area contributed by atoms with Crippen molar-refractivity contribution in [3.8, 4) is 0 Å². The van der Waals surface area contributed by atoms with Gasteiger partial charge in [-0.3, -0.25) is 4.79 Å². The van der Waals surface area contributed by atoms with E-state index in [1.54, 1.807) is 6.07 Å². The lowest BCUT2D eigenvalue weighted by Crippen LogP contribution is -2.23. The summed E-state index contributed by atoms with van der Waals surface area (Å²) < 4.78 is 0.